The third-order valence-corrected chi connectivity index (χ3v) is 2.26. The van der Waals surface area contributed by atoms with E-state index in [9.17, 15) is 18.0 Å². The molecule has 0 saturated carbocycles. The van der Waals surface area contributed by atoms with Gasteiger partial charge in [-0.3, -0.25) is 4.79 Å². The molecular weight excluding hydrogens is 259 g/mol. The third kappa shape index (κ3) is 3.27. The second-order valence-electron chi connectivity index (χ2n) is 3.63. The fraction of sp³-hybridized carbons (Fsp3) is 0.0833. The molecule has 0 fully saturated rings. The number of amides is 1. The summed E-state index contributed by atoms with van der Waals surface area (Å²) in [6.07, 6.45) is -1.90. The average Bonchev–Trinajstić information content (AvgIpc) is 2.39. The Bertz CT molecular complexity index is 584. The summed E-state index contributed by atoms with van der Waals surface area (Å²) in [6.45, 7) is 0. The summed E-state index contributed by atoms with van der Waals surface area (Å²) in [5, 5.41) is 2.34. The van der Waals surface area contributed by atoms with Crippen LogP contribution in [-0.2, 0) is 6.18 Å². The van der Waals surface area contributed by atoms with E-state index in [2.05, 4.69) is 15.3 Å². The van der Waals surface area contributed by atoms with Crippen LogP contribution in [0.4, 0.5) is 18.9 Å². The molecule has 0 bridgehead atoms. The molecule has 2 rings (SSSR count). The third-order valence-electron chi connectivity index (χ3n) is 2.26. The standard InChI is InChI=1S/C12H8F3N3O/c13-12(14,15)8-2-1-3-9(6-8)18-11(19)10-4-5-16-7-17-10/h1-7H,(H,18,19). The largest absolute Gasteiger partial charge is 0.416 e. The lowest BCUT2D eigenvalue weighted by Crippen LogP contribution is -2.14. The van der Waals surface area contributed by atoms with Crippen LogP contribution < -0.4 is 5.32 Å². The zero-order chi connectivity index (χ0) is 13.9. The highest BCUT2D eigenvalue weighted by Crippen LogP contribution is 2.30. The first-order valence-corrected chi connectivity index (χ1v) is 5.21. The Morgan fingerprint density at radius 1 is 1.21 bits per heavy atom. The molecule has 1 amide bonds. The van der Waals surface area contributed by atoms with Gasteiger partial charge in [0, 0.05) is 11.9 Å². The maximum atomic E-state index is 12.5. The van der Waals surface area contributed by atoms with Gasteiger partial charge in [0.2, 0.25) is 0 Å². The van der Waals surface area contributed by atoms with Crippen molar-refractivity contribution in [3.8, 4) is 0 Å². The maximum absolute atomic E-state index is 12.5. The van der Waals surface area contributed by atoms with Crippen molar-refractivity contribution in [2.45, 2.75) is 6.18 Å². The van der Waals surface area contributed by atoms with Crippen LogP contribution in [0.15, 0.2) is 42.9 Å². The van der Waals surface area contributed by atoms with Gasteiger partial charge in [-0.05, 0) is 24.3 Å². The molecule has 1 aromatic carbocycles. The highest BCUT2D eigenvalue weighted by molar-refractivity contribution is 6.02. The Morgan fingerprint density at radius 2 is 2.00 bits per heavy atom. The predicted molar refractivity (Wildman–Crippen MR) is 61.4 cm³/mol. The van der Waals surface area contributed by atoms with Crippen molar-refractivity contribution in [2.24, 2.45) is 0 Å². The normalized spacial score (nSPS) is 11.1. The van der Waals surface area contributed by atoms with E-state index in [4.69, 9.17) is 0 Å². The van der Waals surface area contributed by atoms with Crippen LogP contribution in [0.25, 0.3) is 0 Å². The van der Waals surface area contributed by atoms with Gasteiger partial charge in [-0.25, -0.2) is 9.97 Å². The topological polar surface area (TPSA) is 54.9 Å². The second-order valence-corrected chi connectivity index (χ2v) is 3.63. The molecule has 1 aromatic heterocycles. The number of aromatic nitrogens is 2. The van der Waals surface area contributed by atoms with Crippen molar-refractivity contribution in [3.05, 3.63) is 54.1 Å². The second kappa shape index (κ2) is 5.05. The molecule has 0 atom stereocenters. The molecule has 1 heterocycles. The van der Waals surface area contributed by atoms with Gasteiger partial charge in [-0.1, -0.05) is 6.07 Å². The van der Waals surface area contributed by atoms with Crippen molar-refractivity contribution >= 4 is 11.6 Å². The summed E-state index contributed by atoms with van der Waals surface area (Å²) >= 11 is 0. The molecule has 0 aliphatic heterocycles. The number of rotatable bonds is 2. The van der Waals surface area contributed by atoms with Gasteiger partial charge in [0.15, 0.2) is 0 Å². The molecule has 4 nitrogen and oxygen atoms in total. The Morgan fingerprint density at radius 3 is 2.63 bits per heavy atom. The highest BCUT2D eigenvalue weighted by Gasteiger charge is 2.30. The molecule has 98 valence electrons. The van der Waals surface area contributed by atoms with E-state index in [0.717, 1.165) is 12.1 Å². The quantitative estimate of drug-likeness (QED) is 0.910. The molecule has 7 heteroatoms. The van der Waals surface area contributed by atoms with Gasteiger partial charge in [-0.15, -0.1) is 0 Å². The molecule has 2 aromatic rings. The summed E-state index contributed by atoms with van der Waals surface area (Å²) in [5.41, 5.74) is -0.696. The zero-order valence-electron chi connectivity index (χ0n) is 9.48. The fourth-order valence-corrected chi connectivity index (χ4v) is 1.39. The summed E-state index contributed by atoms with van der Waals surface area (Å²) < 4.78 is 37.5. The van der Waals surface area contributed by atoms with E-state index in [0.29, 0.717) is 0 Å². The molecular formula is C12H8F3N3O. The lowest BCUT2D eigenvalue weighted by Gasteiger charge is -2.09. The lowest BCUT2D eigenvalue weighted by molar-refractivity contribution is -0.137. The Kier molecular flexibility index (Phi) is 3.46. The highest BCUT2D eigenvalue weighted by atomic mass is 19.4. The number of carbonyl (C=O) groups excluding carboxylic acids is 1. The summed E-state index contributed by atoms with van der Waals surface area (Å²) in [6, 6.07) is 5.75. The van der Waals surface area contributed by atoms with Crippen molar-refractivity contribution in [1.82, 2.24) is 9.97 Å². The number of alkyl halides is 3. The number of anilines is 1. The molecule has 0 radical (unpaired) electrons. The van der Waals surface area contributed by atoms with Crippen molar-refractivity contribution in [3.63, 3.8) is 0 Å². The van der Waals surface area contributed by atoms with Crippen LogP contribution in [0.2, 0.25) is 0 Å². The van der Waals surface area contributed by atoms with Gasteiger partial charge >= 0.3 is 6.18 Å². The zero-order valence-corrected chi connectivity index (χ0v) is 9.48. The number of carbonyl (C=O) groups is 1. The van der Waals surface area contributed by atoms with Gasteiger partial charge in [0.25, 0.3) is 5.91 Å². The van der Waals surface area contributed by atoms with E-state index in [1.807, 2.05) is 0 Å². The minimum absolute atomic E-state index is 0.0541. The summed E-state index contributed by atoms with van der Waals surface area (Å²) in [4.78, 5) is 19.0. The molecule has 0 saturated heterocycles. The minimum Gasteiger partial charge on any atom is -0.321 e. The Hall–Kier alpha value is -2.44. The minimum atomic E-state index is -4.45. The van der Waals surface area contributed by atoms with E-state index < -0.39 is 17.6 Å². The lowest BCUT2D eigenvalue weighted by atomic mass is 10.2. The van der Waals surface area contributed by atoms with Crippen molar-refractivity contribution in [2.75, 3.05) is 5.32 Å². The van der Waals surface area contributed by atoms with Crippen LogP contribution in [0.5, 0.6) is 0 Å². The number of benzene rings is 1. The number of halogens is 3. The number of hydrogen-bond donors (Lipinski definition) is 1. The van der Waals surface area contributed by atoms with Crippen molar-refractivity contribution in [1.29, 1.82) is 0 Å². The van der Waals surface area contributed by atoms with Gasteiger partial charge in [0.1, 0.15) is 12.0 Å². The first kappa shape index (κ1) is 13.0. The van der Waals surface area contributed by atoms with Gasteiger partial charge in [0.05, 0.1) is 5.56 Å². The predicted octanol–water partition coefficient (Wildman–Crippen LogP) is 2.75. The van der Waals surface area contributed by atoms with E-state index >= 15 is 0 Å². The Balaban J connectivity index is 2.18. The maximum Gasteiger partial charge on any atom is 0.416 e. The first-order chi connectivity index (χ1) is 8.97. The SMILES string of the molecule is O=C(Nc1cccc(C(F)(F)F)c1)c1ccncn1. The van der Waals surface area contributed by atoms with E-state index in [-0.39, 0.29) is 11.4 Å². The first-order valence-electron chi connectivity index (χ1n) is 5.21. The van der Waals surface area contributed by atoms with Crippen LogP contribution in [-0.4, -0.2) is 15.9 Å². The molecule has 1 N–H and O–H groups in total. The van der Waals surface area contributed by atoms with Gasteiger partial charge in [-0.2, -0.15) is 13.2 Å². The number of nitrogens with zero attached hydrogens (tertiary/aromatic N) is 2. The molecule has 0 spiro atoms. The number of hydrogen-bond acceptors (Lipinski definition) is 3. The average molecular weight is 267 g/mol. The summed E-state index contributed by atoms with van der Waals surface area (Å²) in [5.74, 6) is -0.596. The Labute approximate surface area is 106 Å². The molecule has 0 unspecified atom stereocenters. The van der Waals surface area contributed by atoms with Crippen LogP contribution in [0.3, 0.4) is 0 Å². The number of nitrogens with one attached hydrogen (secondary N) is 1. The molecule has 0 aliphatic carbocycles. The van der Waals surface area contributed by atoms with Gasteiger partial charge < -0.3 is 5.32 Å². The van der Waals surface area contributed by atoms with Crippen LogP contribution >= 0.6 is 0 Å². The van der Waals surface area contributed by atoms with E-state index in [1.54, 1.807) is 0 Å². The van der Waals surface area contributed by atoms with Crippen LogP contribution in [0, 0.1) is 0 Å². The smallest absolute Gasteiger partial charge is 0.321 e. The molecule has 19 heavy (non-hydrogen) atoms. The monoisotopic (exact) mass is 267 g/mol. The molecule has 0 aliphatic rings. The van der Waals surface area contributed by atoms with Crippen LogP contribution in [0.1, 0.15) is 16.1 Å². The summed E-state index contributed by atoms with van der Waals surface area (Å²) in [7, 11) is 0. The fourth-order valence-electron chi connectivity index (χ4n) is 1.39. The van der Waals surface area contributed by atoms with E-state index in [1.165, 1.54) is 30.7 Å². The van der Waals surface area contributed by atoms with Crippen molar-refractivity contribution < 1.29 is 18.0 Å².